The number of ketones is 1. The molecule has 0 unspecified atom stereocenters. The highest BCUT2D eigenvalue weighted by atomic mass is 16.7. The van der Waals surface area contributed by atoms with E-state index in [1.807, 2.05) is 12.1 Å². The van der Waals surface area contributed by atoms with Crippen LogP contribution in [0.2, 0.25) is 0 Å². The number of fused-ring (bicyclic) bond motifs is 1. The minimum atomic E-state index is -0.182. The molecule has 4 nitrogen and oxygen atoms in total. The maximum Gasteiger partial charge on any atom is 0.246 e. The van der Waals surface area contributed by atoms with Gasteiger partial charge < -0.3 is 0 Å². The van der Waals surface area contributed by atoms with Gasteiger partial charge in [-0.05, 0) is 42.9 Å². The number of Topliss-reactive ketones (excluding diaryl/α,β-unsaturated/α-hetero) is 1. The lowest BCUT2D eigenvalue weighted by Gasteiger charge is -2.16. The third-order valence-electron chi connectivity index (χ3n) is 3.86. The molecule has 0 aromatic heterocycles. The highest BCUT2D eigenvalue weighted by molar-refractivity contribution is 5.98. The van der Waals surface area contributed by atoms with E-state index in [1.54, 1.807) is 7.05 Å². The van der Waals surface area contributed by atoms with Crippen molar-refractivity contribution in [1.29, 1.82) is 0 Å². The van der Waals surface area contributed by atoms with Crippen molar-refractivity contribution in [1.82, 2.24) is 5.06 Å². The fraction of sp³-hybridized carbons (Fsp3) is 0.500. The van der Waals surface area contributed by atoms with Crippen LogP contribution >= 0.6 is 0 Å². The Hall–Kier alpha value is -1.68. The summed E-state index contributed by atoms with van der Waals surface area (Å²) in [5.74, 6) is -0.157. The molecule has 1 aromatic carbocycles. The predicted octanol–water partition coefficient (Wildman–Crippen LogP) is 2.55. The summed E-state index contributed by atoms with van der Waals surface area (Å²) in [6.45, 7) is 0. The molecule has 0 fully saturated rings. The van der Waals surface area contributed by atoms with Crippen molar-refractivity contribution < 1.29 is 14.4 Å². The average molecular weight is 275 g/mol. The Morgan fingerprint density at radius 3 is 2.55 bits per heavy atom. The van der Waals surface area contributed by atoms with Crippen molar-refractivity contribution in [3.8, 4) is 0 Å². The third-order valence-corrected chi connectivity index (χ3v) is 3.86. The Morgan fingerprint density at radius 2 is 1.85 bits per heavy atom. The number of rotatable bonds is 5. The Kier molecular flexibility index (Phi) is 4.90. The van der Waals surface area contributed by atoms with Gasteiger partial charge in [-0.2, -0.15) is 0 Å². The quantitative estimate of drug-likeness (QED) is 0.613. The molecule has 0 saturated carbocycles. The van der Waals surface area contributed by atoms with Crippen LogP contribution in [0.5, 0.6) is 0 Å². The predicted molar refractivity (Wildman–Crippen MR) is 76.4 cm³/mol. The Bertz CT molecular complexity index is 510. The van der Waals surface area contributed by atoms with Crippen LogP contribution in [0, 0.1) is 0 Å². The molecule has 108 valence electrons. The summed E-state index contributed by atoms with van der Waals surface area (Å²) in [6, 6.07) is 5.95. The third kappa shape index (κ3) is 3.45. The molecule has 2 rings (SSSR count). The fourth-order valence-electron chi connectivity index (χ4n) is 2.53. The summed E-state index contributed by atoms with van der Waals surface area (Å²) in [5, 5.41) is 1.15. The first-order valence-corrected chi connectivity index (χ1v) is 7.07. The lowest BCUT2D eigenvalue weighted by atomic mass is 9.89. The average Bonchev–Trinajstić information content (AvgIpc) is 2.50. The number of carbonyl (C=O) groups is 2. The van der Waals surface area contributed by atoms with Gasteiger partial charge in [0.25, 0.3) is 0 Å². The number of hydrogen-bond donors (Lipinski definition) is 0. The van der Waals surface area contributed by atoms with Crippen molar-refractivity contribution in [2.45, 2.75) is 38.5 Å². The molecule has 0 saturated heterocycles. The van der Waals surface area contributed by atoms with Gasteiger partial charge in [0.2, 0.25) is 5.91 Å². The molecule has 0 heterocycles. The van der Waals surface area contributed by atoms with E-state index in [2.05, 4.69) is 6.07 Å². The lowest BCUT2D eigenvalue weighted by molar-refractivity contribution is -0.168. The normalized spacial score (nSPS) is 13.7. The summed E-state index contributed by atoms with van der Waals surface area (Å²) in [7, 11) is 2.98. The van der Waals surface area contributed by atoms with Crippen molar-refractivity contribution >= 4 is 11.7 Å². The Balaban J connectivity index is 1.97. The van der Waals surface area contributed by atoms with Crippen LogP contribution in [0.1, 0.15) is 47.2 Å². The zero-order chi connectivity index (χ0) is 14.5. The van der Waals surface area contributed by atoms with Gasteiger partial charge in [0.1, 0.15) is 0 Å². The SMILES string of the molecule is CON(C)C(=O)CCC(=O)c1ccc2c(c1)CCCC2. The molecule has 1 amide bonds. The molecule has 1 aliphatic rings. The second-order valence-electron chi connectivity index (χ2n) is 5.19. The van der Waals surface area contributed by atoms with Gasteiger partial charge in [-0.25, -0.2) is 5.06 Å². The Labute approximate surface area is 119 Å². The van der Waals surface area contributed by atoms with Crippen LogP contribution in [-0.2, 0) is 22.5 Å². The van der Waals surface area contributed by atoms with Crippen LogP contribution in [0.25, 0.3) is 0 Å². The number of amides is 1. The van der Waals surface area contributed by atoms with Crippen molar-refractivity contribution in [3.63, 3.8) is 0 Å². The summed E-state index contributed by atoms with van der Waals surface area (Å²) in [6.07, 6.45) is 5.01. The lowest BCUT2D eigenvalue weighted by Crippen LogP contribution is -2.25. The summed E-state index contributed by atoms with van der Waals surface area (Å²) < 4.78 is 0. The number of hydrogen-bond acceptors (Lipinski definition) is 3. The monoisotopic (exact) mass is 275 g/mol. The first-order chi connectivity index (χ1) is 9.61. The molecule has 0 N–H and O–H groups in total. The molecule has 0 bridgehead atoms. The van der Waals surface area contributed by atoms with E-state index in [9.17, 15) is 9.59 Å². The first-order valence-electron chi connectivity index (χ1n) is 7.07. The number of carbonyl (C=O) groups excluding carboxylic acids is 2. The van der Waals surface area contributed by atoms with E-state index in [-0.39, 0.29) is 24.5 Å². The maximum atomic E-state index is 12.1. The van der Waals surface area contributed by atoms with Gasteiger partial charge in [0.05, 0.1) is 7.11 Å². The molecule has 0 radical (unpaired) electrons. The topological polar surface area (TPSA) is 46.6 Å². The molecule has 20 heavy (non-hydrogen) atoms. The minimum Gasteiger partial charge on any atom is -0.294 e. The molecular weight excluding hydrogens is 254 g/mol. The van der Waals surface area contributed by atoms with Gasteiger partial charge in [-0.3, -0.25) is 14.4 Å². The highest BCUT2D eigenvalue weighted by Crippen LogP contribution is 2.23. The first kappa shape index (κ1) is 14.7. The van der Waals surface area contributed by atoms with E-state index >= 15 is 0 Å². The van der Waals surface area contributed by atoms with Gasteiger partial charge >= 0.3 is 0 Å². The Morgan fingerprint density at radius 1 is 1.15 bits per heavy atom. The van der Waals surface area contributed by atoms with Crippen LogP contribution in [0.4, 0.5) is 0 Å². The summed E-state index contributed by atoms with van der Waals surface area (Å²) >= 11 is 0. The highest BCUT2D eigenvalue weighted by Gasteiger charge is 2.15. The fourth-order valence-corrected chi connectivity index (χ4v) is 2.53. The van der Waals surface area contributed by atoms with Crippen LogP contribution in [-0.4, -0.2) is 30.9 Å². The van der Waals surface area contributed by atoms with E-state index in [4.69, 9.17) is 4.84 Å². The zero-order valence-electron chi connectivity index (χ0n) is 12.1. The molecule has 1 aliphatic carbocycles. The van der Waals surface area contributed by atoms with Crippen molar-refractivity contribution in [2.24, 2.45) is 0 Å². The molecule has 1 aromatic rings. The maximum absolute atomic E-state index is 12.1. The van der Waals surface area contributed by atoms with Gasteiger partial charge in [0.15, 0.2) is 5.78 Å². The van der Waals surface area contributed by atoms with E-state index in [1.165, 1.54) is 31.1 Å². The van der Waals surface area contributed by atoms with Crippen molar-refractivity contribution in [3.05, 3.63) is 34.9 Å². The van der Waals surface area contributed by atoms with Gasteiger partial charge in [0, 0.05) is 25.5 Å². The second-order valence-corrected chi connectivity index (χ2v) is 5.19. The zero-order valence-corrected chi connectivity index (χ0v) is 12.1. The van der Waals surface area contributed by atoms with Crippen LogP contribution in [0.3, 0.4) is 0 Å². The smallest absolute Gasteiger partial charge is 0.246 e. The molecule has 0 spiro atoms. The van der Waals surface area contributed by atoms with Gasteiger partial charge in [-0.1, -0.05) is 12.1 Å². The minimum absolute atomic E-state index is 0.0243. The largest absolute Gasteiger partial charge is 0.294 e. The van der Waals surface area contributed by atoms with Crippen LogP contribution < -0.4 is 0 Å². The second kappa shape index (κ2) is 6.66. The molecule has 0 aliphatic heterocycles. The summed E-state index contributed by atoms with van der Waals surface area (Å²) in [4.78, 5) is 28.5. The molecular formula is C16H21NO3. The molecule has 0 atom stereocenters. The van der Waals surface area contributed by atoms with Gasteiger partial charge in [-0.15, -0.1) is 0 Å². The summed E-state index contributed by atoms with van der Waals surface area (Å²) in [5.41, 5.74) is 3.38. The number of benzene rings is 1. The van der Waals surface area contributed by atoms with E-state index < -0.39 is 0 Å². The standard InChI is InChI=1S/C16H21NO3/c1-17(20-2)16(19)10-9-15(18)14-8-7-12-5-3-4-6-13(12)11-14/h7-8,11H,3-6,9-10H2,1-2H3. The number of hydroxylamine groups is 2. The number of aryl methyl sites for hydroxylation is 2. The van der Waals surface area contributed by atoms with E-state index in [0.29, 0.717) is 0 Å². The van der Waals surface area contributed by atoms with Crippen LogP contribution in [0.15, 0.2) is 18.2 Å². The number of nitrogens with zero attached hydrogens (tertiary/aromatic N) is 1. The van der Waals surface area contributed by atoms with E-state index in [0.717, 1.165) is 23.5 Å². The molecule has 4 heteroatoms. The van der Waals surface area contributed by atoms with Crippen molar-refractivity contribution in [2.75, 3.05) is 14.2 Å².